The number of piperazine rings is 1. The molecule has 1 aliphatic rings. The topological polar surface area (TPSA) is 43.0 Å². The predicted octanol–water partition coefficient (Wildman–Crippen LogP) is 3.50. The lowest BCUT2D eigenvalue weighted by atomic mass is 10.1. The van der Waals surface area contributed by atoms with Crippen molar-refractivity contribution in [2.24, 2.45) is 0 Å². The number of nitrogens with zero attached hydrogens (tertiary/aromatic N) is 1. The van der Waals surface area contributed by atoms with Crippen molar-refractivity contribution < 1.29 is 14.2 Å². The van der Waals surface area contributed by atoms with E-state index in [0.717, 1.165) is 31.7 Å². The largest absolute Gasteiger partial charge is 0.493 e. The molecule has 3 rings (SSSR count). The number of methoxy groups -OCH3 is 2. The van der Waals surface area contributed by atoms with E-state index in [4.69, 9.17) is 14.2 Å². The molecule has 0 saturated carbocycles. The van der Waals surface area contributed by atoms with Crippen LogP contribution in [-0.4, -0.2) is 44.8 Å². The molecule has 148 valence electrons. The van der Waals surface area contributed by atoms with Crippen molar-refractivity contribution in [2.75, 3.05) is 33.9 Å². The van der Waals surface area contributed by atoms with Crippen molar-refractivity contribution >= 4 is 12.4 Å². The van der Waals surface area contributed by atoms with Crippen LogP contribution in [0.15, 0.2) is 42.5 Å². The molecule has 1 saturated heterocycles. The fraction of sp³-hybridized carbons (Fsp3) is 0.429. The van der Waals surface area contributed by atoms with Gasteiger partial charge in [0.2, 0.25) is 5.75 Å². The van der Waals surface area contributed by atoms with E-state index in [1.165, 1.54) is 5.56 Å². The Labute approximate surface area is 168 Å². The molecule has 0 unspecified atom stereocenters. The molecule has 1 aliphatic heterocycles. The monoisotopic (exact) mass is 392 g/mol. The zero-order valence-electron chi connectivity index (χ0n) is 16.2. The Kier molecular flexibility index (Phi) is 8.23. The molecule has 0 aliphatic carbocycles. The minimum absolute atomic E-state index is 0. The molecule has 0 radical (unpaired) electrons. The average Bonchev–Trinajstić information content (AvgIpc) is 2.67. The van der Waals surface area contributed by atoms with E-state index in [0.29, 0.717) is 29.9 Å². The van der Waals surface area contributed by atoms with E-state index in [1.54, 1.807) is 14.2 Å². The van der Waals surface area contributed by atoms with Crippen LogP contribution >= 0.6 is 12.4 Å². The van der Waals surface area contributed by atoms with E-state index >= 15 is 0 Å². The molecule has 1 fully saturated rings. The van der Waals surface area contributed by atoms with E-state index < -0.39 is 0 Å². The first-order valence-corrected chi connectivity index (χ1v) is 9.07. The van der Waals surface area contributed by atoms with E-state index in [1.807, 2.05) is 30.3 Å². The quantitative estimate of drug-likeness (QED) is 0.781. The highest BCUT2D eigenvalue weighted by atomic mass is 35.5. The van der Waals surface area contributed by atoms with Crippen molar-refractivity contribution in [1.29, 1.82) is 0 Å². The highest BCUT2D eigenvalue weighted by Gasteiger charge is 2.19. The molecule has 27 heavy (non-hydrogen) atoms. The number of halogens is 1. The van der Waals surface area contributed by atoms with Gasteiger partial charge in [-0.2, -0.15) is 0 Å². The molecule has 2 aromatic carbocycles. The van der Waals surface area contributed by atoms with Gasteiger partial charge >= 0.3 is 0 Å². The average molecular weight is 393 g/mol. The summed E-state index contributed by atoms with van der Waals surface area (Å²) in [7, 11) is 3.33. The van der Waals surface area contributed by atoms with Gasteiger partial charge in [0.15, 0.2) is 11.5 Å². The van der Waals surface area contributed by atoms with Crippen molar-refractivity contribution in [3.05, 3.63) is 53.6 Å². The second-order valence-corrected chi connectivity index (χ2v) is 6.69. The summed E-state index contributed by atoms with van der Waals surface area (Å²) < 4.78 is 17.2. The first-order valence-electron chi connectivity index (χ1n) is 9.07. The Balaban J connectivity index is 0.00000261. The molecule has 1 atom stereocenters. The second-order valence-electron chi connectivity index (χ2n) is 6.69. The summed E-state index contributed by atoms with van der Waals surface area (Å²) >= 11 is 0. The van der Waals surface area contributed by atoms with E-state index in [-0.39, 0.29) is 12.4 Å². The lowest BCUT2D eigenvalue weighted by Gasteiger charge is -2.32. The highest BCUT2D eigenvalue weighted by molar-refractivity contribution is 5.85. The van der Waals surface area contributed by atoms with Crippen LogP contribution in [0.5, 0.6) is 17.2 Å². The molecule has 1 N–H and O–H groups in total. The lowest BCUT2D eigenvalue weighted by molar-refractivity contribution is 0.199. The summed E-state index contributed by atoms with van der Waals surface area (Å²) in [4.78, 5) is 2.44. The Morgan fingerprint density at radius 1 is 1.04 bits per heavy atom. The maximum atomic E-state index is 6.02. The van der Waals surface area contributed by atoms with Crippen LogP contribution < -0.4 is 19.5 Å². The van der Waals surface area contributed by atoms with Crippen molar-refractivity contribution in [3.63, 3.8) is 0 Å². The number of ether oxygens (including phenoxy) is 3. The van der Waals surface area contributed by atoms with E-state index in [2.05, 4.69) is 29.3 Å². The summed E-state index contributed by atoms with van der Waals surface area (Å²) in [5, 5.41) is 3.47. The zero-order chi connectivity index (χ0) is 18.4. The minimum Gasteiger partial charge on any atom is -0.493 e. The van der Waals surface area contributed by atoms with E-state index in [9.17, 15) is 0 Å². The van der Waals surface area contributed by atoms with Gasteiger partial charge in [0, 0.05) is 32.2 Å². The maximum absolute atomic E-state index is 6.02. The smallest absolute Gasteiger partial charge is 0.203 e. The first kappa shape index (κ1) is 21.4. The number of hydrogen-bond donors (Lipinski definition) is 1. The van der Waals surface area contributed by atoms with Crippen LogP contribution in [0.4, 0.5) is 0 Å². The summed E-state index contributed by atoms with van der Waals surface area (Å²) in [6.07, 6.45) is 0. The molecule has 0 spiro atoms. The normalized spacial score (nSPS) is 17.1. The lowest BCUT2D eigenvalue weighted by Crippen LogP contribution is -2.48. The molecule has 0 bridgehead atoms. The van der Waals surface area contributed by atoms with Gasteiger partial charge in [0.25, 0.3) is 0 Å². The summed E-state index contributed by atoms with van der Waals surface area (Å²) in [6, 6.07) is 14.7. The van der Waals surface area contributed by atoms with Gasteiger partial charge < -0.3 is 19.5 Å². The van der Waals surface area contributed by atoms with Gasteiger partial charge in [-0.15, -0.1) is 12.4 Å². The van der Waals surface area contributed by atoms with Crippen molar-refractivity contribution in [1.82, 2.24) is 10.2 Å². The Morgan fingerprint density at radius 3 is 2.30 bits per heavy atom. The van der Waals surface area contributed by atoms with Gasteiger partial charge in [-0.1, -0.05) is 30.3 Å². The van der Waals surface area contributed by atoms with Crippen molar-refractivity contribution in [2.45, 2.75) is 26.1 Å². The standard InChI is InChI=1S/C21H28N2O3.ClH/c1-16-13-23(10-9-22-16)14-18-11-19(24-2)21(20(12-18)25-3)26-15-17-7-5-4-6-8-17;/h4-8,11-12,16,22H,9-10,13-15H2,1-3H3;1H/t16-;/m1./s1. The predicted molar refractivity (Wildman–Crippen MR) is 110 cm³/mol. The molecule has 0 amide bonds. The molecule has 1 heterocycles. The Morgan fingerprint density at radius 2 is 1.70 bits per heavy atom. The molecular formula is C21H29ClN2O3. The van der Waals surface area contributed by atoms with Gasteiger partial charge in [-0.25, -0.2) is 0 Å². The van der Waals surface area contributed by atoms with Crippen molar-refractivity contribution in [3.8, 4) is 17.2 Å². The van der Waals surface area contributed by atoms with Gasteiger partial charge in [0.1, 0.15) is 6.61 Å². The molecule has 2 aromatic rings. The maximum Gasteiger partial charge on any atom is 0.203 e. The number of benzene rings is 2. The SMILES string of the molecule is COc1cc(CN2CCN[C@H](C)C2)cc(OC)c1OCc1ccccc1.Cl. The van der Waals surface area contributed by atoms with Crippen LogP contribution in [0, 0.1) is 0 Å². The summed E-state index contributed by atoms with van der Waals surface area (Å²) in [6.45, 7) is 6.67. The van der Waals surface area contributed by atoms with Crippen LogP contribution in [-0.2, 0) is 13.2 Å². The first-order chi connectivity index (χ1) is 12.7. The molecule has 5 nitrogen and oxygen atoms in total. The van der Waals surface area contributed by atoms with Crippen LogP contribution in [0.1, 0.15) is 18.1 Å². The third-order valence-electron chi connectivity index (χ3n) is 4.61. The highest BCUT2D eigenvalue weighted by Crippen LogP contribution is 2.39. The summed E-state index contributed by atoms with van der Waals surface area (Å²) in [5.41, 5.74) is 2.27. The van der Waals surface area contributed by atoms with Crippen LogP contribution in [0.25, 0.3) is 0 Å². The third kappa shape index (κ3) is 5.76. The number of nitrogens with one attached hydrogen (secondary N) is 1. The Bertz CT molecular complexity index is 687. The minimum atomic E-state index is 0. The fourth-order valence-electron chi connectivity index (χ4n) is 3.31. The van der Waals surface area contributed by atoms with Crippen LogP contribution in [0.2, 0.25) is 0 Å². The zero-order valence-corrected chi connectivity index (χ0v) is 17.1. The third-order valence-corrected chi connectivity index (χ3v) is 4.61. The number of rotatable bonds is 7. The molecule has 0 aromatic heterocycles. The molecule has 6 heteroatoms. The second kappa shape index (κ2) is 10.4. The Hall–Kier alpha value is -1.95. The van der Waals surface area contributed by atoms with Gasteiger partial charge in [-0.05, 0) is 30.2 Å². The van der Waals surface area contributed by atoms with Crippen LogP contribution in [0.3, 0.4) is 0 Å². The number of hydrogen-bond acceptors (Lipinski definition) is 5. The van der Waals surface area contributed by atoms with Gasteiger partial charge in [-0.3, -0.25) is 4.90 Å². The van der Waals surface area contributed by atoms with Gasteiger partial charge in [0.05, 0.1) is 14.2 Å². The molecular weight excluding hydrogens is 364 g/mol. The summed E-state index contributed by atoms with van der Waals surface area (Å²) in [5.74, 6) is 2.06. The fourth-order valence-corrected chi connectivity index (χ4v) is 3.31.